The second-order valence-electron chi connectivity index (χ2n) is 5.93. The van der Waals surface area contributed by atoms with Crippen LogP contribution in [-0.4, -0.2) is 0 Å². The summed E-state index contributed by atoms with van der Waals surface area (Å²) >= 11 is 3.15. The van der Waals surface area contributed by atoms with Crippen LogP contribution in [0.4, 0.5) is 10.1 Å². The number of anilines is 1. The molecule has 1 nitrogen and oxygen atoms in total. The van der Waals surface area contributed by atoms with Gasteiger partial charge in [-0.2, -0.15) is 0 Å². The summed E-state index contributed by atoms with van der Waals surface area (Å²) in [6, 6.07) is 13.6. The topological polar surface area (TPSA) is 12.0 Å². The third-order valence-corrected chi connectivity index (χ3v) is 3.88. The van der Waals surface area contributed by atoms with E-state index in [0.717, 1.165) is 5.69 Å². The van der Waals surface area contributed by atoms with Crippen molar-refractivity contribution in [3.05, 3.63) is 63.9 Å². The van der Waals surface area contributed by atoms with Crippen molar-refractivity contribution in [2.45, 2.75) is 32.7 Å². The molecular weight excluding hydrogens is 317 g/mol. The van der Waals surface area contributed by atoms with Gasteiger partial charge in [0.2, 0.25) is 0 Å². The third kappa shape index (κ3) is 3.83. The summed E-state index contributed by atoms with van der Waals surface area (Å²) in [5.74, 6) is -0.252. The molecule has 0 radical (unpaired) electrons. The molecule has 0 unspecified atom stereocenters. The molecular formula is C17H19BrFN. The highest BCUT2D eigenvalue weighted by Crippen LogP contribution is 2.23. The Kier molecular flexibility index (Phi) is 4.48. The van der Waals surface area contributed by atoms with Crippen molar-refractivity contribution >= 4 is 21.6 Å². The van der Waals surface area contributed by atoms with Crippen LogP contribution in [0.5, 0.6) is 0 Å². The number of benzene rings is 2. The van der Waals surface area contributed by atoms with Gasteiger partial charge in [-0.1, -0.05) is 45.0 Å². The average Bonchev–Trinajstić information content (AvgIpc) is 2.40. The van der Waals surface area contributed by atoms with Crippen molar-refractivity contribution in [1.82, 2.24) is 0 Å². The van der Waals surface area contributed by atoms with Gasteiger partial charge in [0, 0.05) is 12.2 Å². The van der Waals surface area contributed by atoms with E-state index in [9.17, 15) is 4.39 Å². The Balaban J connectivity index is 2.02. The van der Waals surface area contributed by atoms with E-state index in [1.54, 1.807) is 6.07 Å². The zero-order valence-electron chi connectivity index (χ0n) is 12.0. The summed E-state index contributed by atoms with van der Waals surface area (Å²) in [6.07, 6.45) is 0. The van der Waals surface area contributed by atoms with E-state index in [4.69, 9.17) is 0 Å². The van der Waals surface area contributed by atoms with Crippen molar-refractivity contribution < 1.29 is 4.39 Å². The maximum absolute atomic E-state index is 13.4. The van der Waals surface area contributed by atoms with Crippen molar-refractivity contribution in [2.75, 3.05) is 5.32 Å². The summed E-state index contributed by atoms with van der Waals surface area (Å²) in [5, 5.41) is 3.23. The van der Waals surface area contributed by atoms with E-state index in [1.165, 1.54) is 17.2 Å². The van der Waals surface area contributed by atoms with Crippen LogP contribution in [0.2, 0.25) is 0 Å². The first kappa shape index (κ1) is 15.0. The highest BCUT2D eigenvalue weighted by Gasteiger charge is 2.12. The molecule has 2 aromatic rings. The second-order valence-corrected chi connectivity index (χ2v) is 6.78. The molecule has 0 atom stereocenters. The molecule has 106 valence electrons. The van der Waals surface area contributed by atoms with E-state index < -0.39 is 0 Å². The Morgan fingerprint density at radius 1 is 1.05 bits per heavy atom. The summed E-state index contributed by atoms with van der Waals surface area (Å²) in [7, 11) is 0. The molecule has 3 heteroatoms. The van der Waals surface area contributed by atoms with Gasteiger partial charge in [-0.05, 0) is 50.7 Å². The summed E-state index contributed by atoms with van der Waals surface area (Å²) in [6.45, 7) is 7.28. The van der Waals surface area contributed by atoms with Crippen LogP contribution in [0.15, 0.2) is 46.9 Å². The quantitative estimate of drug-likeness (QED) is 0.781. The Bertz CT molecular complexity index is 585. The molecule has 20 heavy (non-hydrogen) atoms. The predicted octanol–water partition coefficient (Wildman–Crippen LogP) is 5.50. The monoisotopic (exact) mass is 335 g/mol. The molecule has 0 spiro atoms. The minimum absolute atomic E-state index is 0.167. The smallest absolute Gasteiger partial charge is 0.139 e. The molecule has 1 N–H and O–H groups in total. The molecule has 0 aliphatic rings. The zero-order chi connectivity index (χ0) is 14.8. The van der Waals surface area contributed by atoms with Gasteiger partial charge >= 0.3 is 0 Å². The minimum Gasteiger partial charge on any atom is -0.381 e. The van der Waals surface area contributed by atoms with E-state index in [0.29, 0.717) is 11.0 Å². The van der Waals surface area contributed by atoms with Crippen LogP contribution in [0.25, 0.3) is 0 Å². The molecule has 0 saturated heterocycles. The molecule has 0 aliphatic carbocycles. The SMILES string of the molecule is CC(C)(C)c1ccc(CNc2ccc(Br)c(F)c2)cc1. The van der Waals surface area contributed by atoms with Gasteiger partial charge in [-0.15, -0.1) is 0 Å². The number of rotatable bonds is 3. The Hall–Kier alpha value is -1.35. The fraction of sp³-hybridized carbons (Fsp3) is 0.294. The summed E-state index contributed by atoms with van der Waals surface area (Å²) in [4.78, 5) is 0. The molecule has 0 aromatic heterocycles. The number of halogens is 2. The Labute approximate surface area is 128 Å². The highest BCUT2D eigenvalue weighted by molar-refractivity contribution is 9.10. The van der Waals surface area contributed by atoms with Crippen LogP contribution in [0.1, 0.15) is 31.9 Å². The maximum atomic E-state index is 13.4. The van der Waals surface area contributed by atoms with E-state index in [2.05, 4.69) is 66.3 Å². The van der Waals surface area contributed by atoms with Crippen LogP contribution in [0, 0.1) is 5.82 Å². The van der Waals surface area contributed by atoms with E-state index in [1.807, 2.05) is 6.07 Å². The van der Waals surface area contributed by atoms with E-state index >= 15 is 0 Å². The van der Waals surface area contributed by atoms with Gasteiger partial charge in [-0.25, -0.2) is 4.39 Å². The molecule has 0 saturated carbocycles. The zero-order valence-corrected chi connectivity index (χ0v) is 13.6. The number of hydrogen-bond acceptors (Lipinski definition) is 1. The maximum Gasteiger partial charge on any atom is 0.139 e. The first-order valence-corrected chi connectivity index (χ1v) is 7.44. The summed E-state index contributed by atoms with van der Waals surface area (Å²) in [5.41, 5.74) is 3.45. The van der Waals surface area contributed by atoms with Gasteiger partial charge in [0.05, 0.1) is 4.47 Å². The Morgan fingerprint density at radius 3 is 2.25 bits per heavy atom. The molecule has 2 rings (SSSR count). The molecule has 2 aromatic carbocycles. The van der Waals surface area contributed by atoms with Crippen LogP contribution in [0.3, 0.4) is 0 Å². The van der Waals surface area contributed by atoms with Crippen molar-refractivity contribution in [2.24, 2.45) is 0 Å². The first-order valence-electron chi connectivity index (χ1n) is 6.64. The number of hydrogen-bond donors (Lipinski definition) is 1. The first-order chi connectivity index (χ1) is 9.36. The normalized spacial score (nSPS) is 11.4. The highest BCUT2D eigenvalue weighted by atomic mass is 79.9. The van der Waals surface area contributed by atoms with E-state index in [-0.39, 0.29) is 11.2 Å². The lowest BCUT2D eigenvalue weighted by atomic mass is 9.87. The van der Waals surface area contributed by atoms with Crippen molar-refractivity contribution in [1.29, 1.82) is 0 Å². The Morgan fingerprint density at radius 2 is 1.70 bits per heavy atom. The fourth-order valence-electron chi connectivity index (χ4n) is 1.93. The van der Waals surface area contributed by atoms with Crippen LogP contribution in [-0.2, 0) is 12.0 Å². The van der Waals surface area contributed by atoms with Gasteiger partial charge in [-0.3, -0.25) is 0 Å². The third-order valence-electron chi connectivity index (χ3n) is 3.24. The lowest BCUT2D eigenvalue weighted by Crippen LogP contribution is -2.11. The molecule has 0 aliphatic heterocycles. The van der Waals surface area contributed by atoms with Crippen LogP contribution < -0.4 is 5.32 Å². The lowest BCUT2D eigenvalue weighted by molar-refractivity contribution is 0.590. The van der Waals surface area contributed by atoms with Crippen molar-refractivity contribution in [3.63, 3.8) is 0 Å². The van der Waals surface area contributed by atoms with Gasteiger partial charge < -0.3 is 5.32 Å². The van der Waals surface area contributed by atoms with Crippen LogP contribution >= 0.6 is 15.9 Å². The molecule has 0 bridgehead atoms. The molecule has 0 amide bonds. The largest absolute Gasteiger partial charge is 0.381 e. The van der Waals surface area contributed by atoms with Gasteiger partial charge in [0.1, 0.15) is 5.82 Å². The second kappa shape index (κ2) is 5.96. The fourth-order valence-corrected chi connectivity index (χ4v) is 2.18. The number of nitrogens with one attached hydrogen (secondary N) is 1. The minimum atomic E-state index is -0.252. The van der Waals surface area contributed by atoms with Gasteiger partial charge in [0.25, 0.3) is 0 Å². The molecule has 0 fully saturated rings. The predicted molar refractivity (Wildman–Crippen MR) is 86.6 cm³/mol. The standard InChI is InChI=1S/C17H19BrFN/c1-17(2,3)13-6-4-12(5-7-13)11-20-14-8-9-15(18)16(19)10-14/h4-10,20H,11H2,1-3H3. The van der Waals surface area contributed by atoms with Crippen molar-refractivity contribution in [3.8, 4) is 0 Å². The van der Waals surface area contributed by atoms with Gasteiger partial charge in [0.15, 0.2) is 0 Å². The lowest BCUT2D eigenvalue weighted by Gasteiger charge is -2.19. The molecule has 0 heterocycles. The average molecular weight is 336 g/mol. The summed E-state index contributed by atoms with van der Waals surface area (Å²) < 4.78 is 13.9.